The van der Waals surface area contributed by atoms with E-state index in [0.717, 1.165) is 0 Å². The summed E-state index contributed by atoms with van der Waals surface area (Å²) in [6, 6.07) is -0.315. The van der Waals surface area contributed by atoms with Crippen molar-refractivity contribution in [3.05, 3.63) is 29.7 Å². The van der Waals surface area contributed by atoms with Crippen molar-refractivity contribution in [2.45, 2.75) is 43.5 Å². The fourth-order valence-corrected chi connectivity index (χ4v) is 1.66. The molecule has 88 valence electrons. The van der Waals surface area contributed by atoms with Crippen LogP contribution in [0.1, 0.15) is 6.92 Å². The number of hydrogen-bond acceptors (Lipinski definition) is 5. The van der Waals surface area contributed by atoms with Gasteiger partial charge in [0.2, 0.25) is 0 Å². The summed E-state index contributed by atoms with van der Waals surface area (Å²) in [5.74, 6) is 0. The summed E-state index contributed by atoms with van der Waals surface area (Å²) in [7, 11) is 0. The molecule has 16 heavy (non-hydrogen) atoms. The van der Waals surface area contributed by atoms with E-state index in [1.807, 2.05) is 12.2 Å². The smallest absolute Gasteiger partial charge is 0.118 e. The summed E-state index contributed by atoms with van der Waals surface area (Å²) in [6.45, 7) is 5.21. The quantitative estimate of drug-likeness (QED) is 0.412. The fourth-order valence-electron chi connectivity index (χ4n) is 1.66. The molecule has 0 saturated carbocycles. The van der Waals surface area contributed by atoms with Crippen LogP contribution in [-0.2, 0) is 9.47 Å². The molecule has 2 aliphatic heterocycles. The first-order valence-corrected chi connectivity index (χ1v) is 5.29. The van der Waals surface area contributed by atoms with Crippen molar-refractivity contribution >= 4 is 0 Å². The van der Waals surface area contributed by atoms with Crippen molar-refractivity contribution in [3.63, 3.8) is 0 Å². The van der Waals surface area contributed by atoms with Gasteiger partial charge in [-0.05, 0) is 6.92 Å². The van der Waals surface area contributed by atoms with Crippen LogP contribution in [0.25, 0.3) is 0 Å². The maximum absolute atomic E-state index is 10.2. The number of hydrogen-bond donors (Lipinski definition) is 1. The molecule has 0 aromatic rings. The lowest BCUT2D eigenvalue weighted by Crippen LogP contribution is -2.12. The maximum atomic E-state index is 10.2. The summed E-state index contributed by atoms with van der Waals surface area (Å²) in [4.78, 5) is 10.2. The van der Waals surface area contributed by atoms with E-state index in [9.17, 15) is 10.0 Å². The molecular weight excluding hydrogens is 210 g/mol. The van der Waals surface area contributed by atoms with Crippen LogP contribution in [0.2, 0.25) is 0 Å². The predicted octanol–water partition coefficient (Wildman–Crippen LogP) is 0.779. The molecule has 0 aromatic heterocycles. The monoisotopic (exact) mass is 225 g/mol. The highest BCUT2D eigenvalue weighted by Crippen LogP contribution is 2.31. The third-order valence-corrected chi connectivity index (χ3v) is 2.83. The van der Waals surface area contributed by atoms with Gasteiger partial charge in [-0.15, -0.1) is 6.58 Å². The van der Waals surface area contributed by atoms with E-state index in [1.54, 1.807) is 6.92 Å². The van der Waals surface area contributed by atoms with Gasteiger partial charge < -0.3 is 14.6 Å². The normalized spacial score (nSPS) is 40.4. The Labute approximate surface area is 93.7 Å². The van der Waals surface area contributed by atoms with Crippen molar-refractivity contribution in [2.24, 2.45) is 5.18 Å². The Hall–Kier alpha value is -1.04. The van der Waals surface area contributed by atoms with Crippen LogP contribution in [-0.4, -0.2) is 41.7 Å². The Balaban J connectivity index is 1.73. The van der Waals surface area contributed by atoms with Gasteiger partial charge in [-0.25, -0.2) is 0 Å². The molecule has 0 amide bonds. The zero-order valence-corrected chi connectivity index (χ0v) is 9.02. The minimum atomic E-state index is -0.624. The molecule has 2 heterocycles. The molecule has 2 unspecified atom stereocenters. The van der Waals surface area contributed by atoms with Gasteiger partial charge >= 0.3 is 0 Å². The van der Waals surface area contributed by atoms with Gasteiger partial charge in [-0.1, -0.05) is 23.4 Å². The summed E-state index contributed by atoms with van der Waals surface area (Å²) in [5.41, 5.74) is 0. The molecule has 0 aromatic carbocycles. The summed E-state index contributed by atoms with van der Waals surface area (Å²) >= 11 is 0. The molecule has 2 saturated heterocycles. The third-order valence-electron chi connectivity index (χ3n) is 2.83. The zero-order valence-electron chi connectivity index (χ0n) is 9.02. The highest BCUT2D eigenvalue weighted by atomic mass is 16.6. The summed E-state index contributed by atoms with van der Waals surface area (Å²) < 4.78 is 10.5. The van der Waals surface area contributed by atoms with Gasteiger partial charge in [-0.3, -0.25) is 0 Å². The van der Waals surface area contributed by atoms with E-state index in [-0.39, 0.29) is 30.5 Å². The van der Waals surface area contributed by atoms with Crippen molar-refractivity contribution in [1.29, 1.82) is 0 Å². The Morgan fingerprint density at radius 1 is 1.31 bits per heavy atom. The second-order valence-electron chi connectivity index (χ2n) is 4.09. The second kappa shape index (κ2) is 4.45. The van der Waals surface area contributed by atoms with Crippen LogP contribution in [0.5, 0.6) is 0 Å². The van der Waals surface area contributed by atoms with Gasteiger partial charge in [0, 0.05) is 0 Å². The number of aliphatic hydroxyl groups is 1. The van der Waals surface area contributed by atoms with Crippen molar-refractivity contribution in [1.82, 2.24) is 0 Å². The lowest BCUT2D eigenvalue weighted by molar-refractivity contribution is 0.178. The van der Waals surface area contributed by atoms with E-state index in [0.29, 0.717) is 0 Å². The number of nitrogens with zero attached hydrogens (tertiary/aromatic N) is 1. The number of aliphatic hydroxyl groups excluding tert-OH is 1. The van der Waals surface area contributed by atoms with Gasteiger partial charge in [0.05, 0.1) is 0 Å². The minimum Gasteiger partial charge on any atom is -0.386 e. The van der Waals surface area contributed by atoms with E-state index in [1.165, 1.54) is 6.08 Å². The van der Waals surface area contributed by atoms with Crippen molar-refractivity contribution in [3.8, 4) is 0 Å². The lowest BCUT2D eigenvalue weighted by atomic mass is 10.1. The van der Waals surface area contributed by atoms with E-state index >= 15 is 0 Å². The standard InChI is InChI=1S/C11H15NO4/c1-3-7(13)11-9(16-11)5-4-8-10(15-8)6(2)12-14/h3-11,13H,1H2,2H3/b5-4+/t6-,7-,8?,9+,10?,11+/m1/s1. The van der Waals surface area contributed by atoms with Gasteiger partial charge in [-0.2, -0.15) is 4.91 Å². The number of ether oxygens (including phenoxy) is 2. The molecule has 2 fully saturated rings. The fraction of sp³-hybridized carbons (Fsp3) is 0.636. The Morgan fingerprint density at radius 2 is 1.88 bits per heavy atom. The van der Waals surface area contributed by atoms with E-state index < -0.39 is 6.10 Å². The lowest BCUT2D eigenvalue weighted by Gasteiger charge is -1.95. The minimum absolute atomic E-state index is 0.0431. The van der Waals surface area contributed by atoms with E-state index in [4.69, 9.17) is 9.47 Å². The average Bonchev–Trinajstić information content (AvgIpc) is 3.17. The van der Waals surface area contributed by atoms with Crippen LogP contribution in [0, 0.1) is 4.91 Å². The molecule has 1 N–H and O–H groups in total. The molecule has 5 heteroatoms. The molecule has 5 nitrogen and oxygen atoms in total. The topological polar surface area (TPSA) is 74.7 Å². The Morgan fingerprint density at radius 3 is 2.44 bits per heavy atom. The van der Waals surface area contributed by atoms with Crippen LogP contribution in [0.3, 0.4) is 0 Å². The molecule has 0 radical (unpaired) electrons. The first-order valence-electron chi connectivity index (χ1n) is 5.29. The predicted molar refractivity (Wildman–Crippen MR) is 57.9 cm³/mol. The highest BCUT2D eigenvalue weighted by Gasteiger charge is 2.45. The first kappa shape index (κ1) is 11.4. The SMILES string of the molecule is C=C[C@@H](O)[C@@H]1O[C@H]1/C=C/C1OC1[C@@H](C)N=O. The van der Waals surface area contributed by atoms with Crippen molar-refractivity contribution in [2.75, 3.05) is 0 Å². The van der Waals surface area contributed by atoms with E-state index in [2.05, 4.69) is 11.8 Å². The Bertz CT molecular complexity index is 287. The van der Waals surface area contributed by atoms with Crippen LogP contribution in [0.4, 0.5) is 0 Å². The van der Waals surface area contributed by atoms with Crippen LogP contribution in [0.15, 0.2) is 30.0 Å². The summed E-state index contributed by atoms with van der Waals surface area (Å²) in [5, 5.41) is 12.3. The maximum Gasteiger partial charge on any atom is 0.118 e. The highest BCUT2D eigenvalue weighted by molar-refractivity contribution is 5.14. The van der Waals surface area contributed by atoms with Crippen LogP contribution < -0.4 is 0 Å². The van der Waals surface area contributed by atoms with Gasteiger partial charge in [0.25, 0.3) is 0 Å². The van der Waals surface area contributed by atoms with Gasteiger partial charge in [0.15, 0.2) is 0 Å². The molecule has 0 spiro atoms. The van der Waals surface area contributed by atoms with Crippen molar-refractivity contribution < 1.29 is 14.6 Å². The summed E-state index contributed by atoms with van der Waals surface area (Å²) in [6.07, 6.45) is 4.12. The van der Waals surface area contributed by atoms with Crippen LogP contribution >= 0.6 is 0 Å². The molecular formula is C11H15NO4. The average molecular weight is 225 g/mol. The molecule has 2 aliphatic rings. The molecule has 6 atom stereocenters. The number of rotatable bonds is 6. The molecule has 2 rings (SSSR count). The Kier molecular flexibility index (Phi) is 3.18. The molecule has 0 aliphatic carbocycles. The first-order chi connectivity index (χ1) is 7.67. The number of epoxide rings is 2. The third kappa shape index (κ3) is 2.37. The molecule has 0 bridgehead atoms. The largest absolute Gasteiger partial charge is 0.386 e. The van der Waals surface area contributed by atoms with Gasteiger partial charge in [0.1, 0.15) is 36.6 Å². The second-order valence-corrected chi connectivity index (χ2v) is 4.09. The zero-order chi connectivity index (χ0) is 11.7. The number of nitroso groups, excluding NO2 is 1.